The lowest BCUT2D eigenvalue weighted by atomic mass is 10.3. The van der Waals surface area contributed by atoms with E-state index in [4.69, 9.17) is 11.6 Å². The van der Waals surface area contributed by atoms with Crippen LogP contribution >= 0.6 is 11.6 Å². The Morgan fingerprint density at radius 2 is 1.75 bits per heavy atom. The van der Waals surface area contributed by atoms with E-state index in [2.05, 4.69) is 4.72 Å². The van der Waals surface area contributed by atoms with Gasteiger partial charge in [-0.3, -0.25) is 4.72 Å². The minimum atomic E-state index is -4.09. The first-order valence-electron chi connectivity index (χ1n) is 5.26. The van der Waals surface area contributed by atoms with Gasteiger partial charge in [-0.25, -0.2) is 17.2 Å². The van der Waals surface area contributed by atoms with Crippen molar-refractivity contribution in [3.05, 3.63) is 53.1 Å². The largest absolute Gasteiger partial charge is 0.506 e. The van der Waals surface area contributed by atoms with Crippen LogP contribution in [0.25, 0.3) is 0 Å². The fourth-order valence-electron chi connectivity index (χ4n) is 1.43. The van der Waals surface area contributed by atoms with E-state index in [-0.39, 0.29) is 16.5 Å². The first-order valence-corrected chi connectivity index (χ1v) is 7.12. The molecule has 0 radical (unpaired) electrons. The second-order valence-corrected chi connectivity index (χ2v) is 5.94. The second kappa shape index (κ2) is 5.26. The van der Waals surface area contributed by atoms with Crippen molar-refractivity contribution < 1.29 is 22.3 Å². The number of halogens is 3. The van der Waals surface area contributed by atoms with E-state index in [1.54, 1.807) is 0 Å². The summed E-state index contributed by atoms with van der Waals surface area (Å²) < 4.78 is 51.8. The summed E-state index contributed by atoms with van der Waals surface area (Å²) in [5.74, 6) is -2.72. The number of aromatic hydroxyl groups is 1. The van der Waals surface area contributed by atoms with Gasteiger partial charge in [-0.2, -0.15) is 0 Å². The van der Waals surface area contributed by atoms with Gasteiger partial charge in [-0.05, 0) is 30.3 Å². The lowest BCUT2D eigenvalue weighted by Crippen LogP contribution is -2.13. The molecule has 0 amide bonds. The molecule has 106 valence electrons. The maximum Gasteiger partial charge on any atom is 0.262 e. The number of sulfonamides is 1. The van der Waals surface area contributed by atoms with Crippen molar-refractivity contribution in [2.45, 2.75) is 4.90 Å². The summed E-state index contributed by atoms with van der Waals surface area (Å²) in [7, 11) is -4.09. The van der Waals surface area contributed by atoms with Gasteiger partial charge in [-0.1, -0.05) is 11.6 Å². The zero-order valence-electron chi connectivity index (χ0n) is 9.77. The Hall–Kier alpha value is -1.86. The molecule has 8 heteroatoms. The van der Waals surface area contributed by atoms with Crippen LogP contribution in [-0.2, 0) is 10.0 Å². The van der Waals surface area contributed by atoms with E-state index in [1.165, 1.54) is 12.1 Å². The van der Waals surface area contributed by atoms with Crippen LogP contribution in [0.4, 0.5) is 14.5 Å². The Morgan fingerprint density at radius 3 is 2.35 bits per heavy atom. The van der Waals surface area contributed by atoms with Crippen molar-refractivity contribution in [2.75, 3.05) is 4.72 Å². The Labute approximate surface area is 118 Å². The van der Waals surface area contributed by atoms with E-state index in [1.807, 2.05) is 0 Å². The summed E-state index contributed by atoms with van der Waals surface area (Å²) >= 11 is 5.59. The van der Waals surface area contributed by atoms with E-state index in [0.717, 1.165) is 12.1 Å². The molecule has 0 saturated heterocycles. The SMILES string of the molecule is O=S(=O)(Nc1ccc(Cl)c(O)c1)c1ccc(F)c(F)c1. The van der Waals surface area contributed by atoms with Crippen LogP contribution in [0.15, 0.2) is 41.3 Å². The lowest BCUT2D eigenvalue weighted by molar-refractivity contribution is 0.476. The number of rotatable bonds is 3. The molecule has 0 unspecified atom stereocenters. The molecule has 20 heavy (non-hydrogen) atoms. The molecule has 2 N–H and O–H groups in total. The molecular weight excluding hydrogens is 312 g/mol. The van der Waals surface area contributed by atoms with Gasteiger partial charge < -0.3 is 5.11 Å². The van der Waals surface area contributed by atoms with E-state index < -0.39 is 26.6 Å². The number of nitrogens with one attached hydrogen (secondary N) is 1. The fraction of sp³-hybridized carbons (Fsp3) is 0. The van der Waals surface area contributed by atoms with E-state index in [0.29, 0.717) is 12.1 Å². The summed E-state index contributed by atoms with van der Waals surface area (Å²) in [6, 6.07) is 5.91. The standard InChI is InChI=1S/C12H8ClF2NO3S/c13-9-3-1-7(5-12(9)17)16-20(18,19)8-2-4-10(14)11(15)6-8/h1-6,16-17H. The topological polar surface area (TPSA) is 66.4 Å². The van der Waals surface area contributed by atoms with Gasteiger partial charge in [0.2, 0.25) is 0 Å². The van der Waals surface area contributed by atoms with Crippen LogP contribution < -0.4 is 4.72 Å². The van der Waals surface area contributed by atoms with Gasteiger partial charge in [0.1, 0.15) is 5.75 Å². The smallest absolute Gasteiger partial charge is 0.262 e. The fourth-order valence-corrected chi connectivity index (χ4v) is 2.61. The van der Waals surface area contributed by atoms with Crippen LogP contribution in [-0.4, -0.2) is 13.5 Å². The van der Waals surface area contributed by atoms with Crippen LogP contribution in [0.5, 0.6) is 5.75 Å². The van der Waals surface area contributed by atoms with Crippen molar-refractivity contribution in [1.82, 2.24) is 0 Å². The highest BCUT2D eigenvalue weighted by Crippen LogP contribution is 2.27. The summed E-state index contributed by atoms with van der Waals surface area (Å²) in [5, 5.41) is 9.43. The van der Waals surface area contributed by atoms with Crippen LogP contribution in [0.3, 0.4) is 0 Å². The van der Waals surface area contributed by atoms with Crippen LogP contribution in [0.2, 0.25) is 5.02 Å². The molecule has 0 fully saturated rings. The second-order valence-electron chi connectivity index (χ2n) is 3.85. The van der Waals surface area contributed by atoms with Crippen LogP contribution in [0.1, 0.15) is 0 Å². The highest BCUT2D eigenvalue weighted by Gasteiger charge is 2.17. The molecule has 2 aromatic rings. The lowest BCUT2D eigenvalue weighted by Gasteiger charge is -2.09. The molecule has 0 aromatic heterocycles. The quantitative estimate of drug-likeness (QED) is 0.913. The first kappa shape index (κ1) is 14.5. The first-order chi connectivity index (χ1) is 9.29. The maximum atomic E-state index is 13.0. The predicted molar refractivity (Wildman–Crippen MR) is 70.3 cm³/mol. The normalized spacial score (nSPS) is 11.3. The maximum absolute atomic E-state index is 13.0. The van der Waals surface area contributed by atoms with Crippen LogP contribution in [0, 0.1) is 11.6 Å². The van der Waals surface area contributed by atoms with Gasteiger partial charge in [-0.15, -0.1) is 0 Å². The third kappa shape index (κ3) is 3.00. The highest BCUT2D eigenvalue weighted by molar-refractivity contribution is 7.92. The number of phenols is 1. The van der Waals surface area contributed by atoms with Crippen molar-refractivity contribution in [3.8, 4) is 5.75 Å². The molecular formula is C12H8ClF2NO3S. The van der Waals surface area contributed by atoms with Crippen molar-refractivity contribution in [2.24, 2.45) is 0 Å². The third-order valence-corrected chi connectivity index (χ3v) is 4.10. The number of benzene rings is 2. The average Bonchev–Trinajstić information content (AvgIpc) is 2.37. The van der Waals surface area contributed by atoms with Crippen molar-refractivity contribution in [3.63, 3.8) is 0 Å². The van der Waals surface area contributed by atoms with Crippen molar-refractivity contribution in [1.29, 1.82) is 0 Å². The van der Waals surface area contributed by atoms with Gasteiger partial charge in [0.25, 0.3) is 10.0 Å². The Bertz CT molecular complexity index is 765. The van der Waals surface area contributed by atoms with Gasteiger partial charge in [0, 0.05) is 6.07 Å². The minimum absolute atomic E-state index is 0.0385. The summed E-state index contributed by atoms with van der Waals surface area (Å²) in [4.78, 5) is -0.439. The molecule has 0 spiro atoms. The molecule has 0 heterocycles. The Balaban J connectivity index is 2.35. The molecule has 0 aliphatic rings. The zero-order chi connectivity index (χ0) is 14.9. The molecule has 0 bridgehead atoms. The minimum Gasteiger partial charge on any atom is -0.506 e. The Morgan fingerprint density at radius 1 is 1.05 bits per heavy atom. The summed E-state index contributed by atoms with van der Waals surface area (Å²) in [6.45, 7) is 0. The number of phenolic OH excluding ortho intramolecular Hbond substituents is 1. The van der Waals surface area contributed by atoms with E-state index in [9.17, 15) is 22.3 Å². The molecule has 0 atom stereocenters. The zero-order valence-corrected chi connectivity index (χ0v) is 11.3. The van der Waals surface area contributed by atoms with Gasteiger partial charge in [0.15, 0.2) is 11.6 Å². The number of anilines is 1. The number of hydrogen-bond acceptors (Lipinski definition) is 3. The van der Waals surface area contributed by atoms with Gasteiger partial charge in [0.05, 0.1) is 15.6 Å². The summed E-state index contributed by atoms with van der Waals surface area (Å²) in [5.41, 5.74) is 0.0385. The monoisotopic (exact) mass is 319 g/mol. The summed E-state index contributed by atoms with van der Waals surface area (Å²) in [6.07, 6.45) is 0. The molecule has 2 rings (SSSR count). The number of hydrogen-bond donors (Lipinski definition) is 2. The molecule has 0 aliphatic carbocycles. The third-order valence-electron chi connectivity index (χ3n) is 2.40. The van der Waals surface area contributed by atoms with E-state index >= 15 is 0 Å². The highest BCUT2D eigenvalue weighted by atomic mass is 35.5. The van der Waals surface area contributed by atoms with Gasteiger partial charge >= 0.3 is 0 Å². The average molecular weight is 320 g/mol. The molecule has 4 nitrogen and oxygen atoms in total. The molecule has 2 aromatic carbocycles. The predicted octanol–water partition coefficient (Wildman–Crippen LogP) is 3.12. The van der Waals surface area contributed by atoms with Crippen molar-refractivity contribution >= 4 is 27.3 Å². The Kier molecular flexibility index (Phi) is 3.82. The molecule has 0 aliphatic heterocycles. The molecule has 0 saturated carbocycles.